The Hall–Kier alpha value is -1.35. The molecule has 4 nitrogen and oxygen atoms in total. The van der Waals surface area contributed by atoms with Gasteiger partial charge in [-0.1, -0.05) is 11.8 Å². The van der Waals surface area contributed by atoms with Crippen LogP contribution in [0.5, 0.6) is 0 Å². The third-order valence-corrected chi connectivity index (χ3v) is 4.20. The molecule has 0 aliphatic heterocycles. The average Bonchev–Trinajstić information content (AvgIpc) is 3.18. The Morgan fingerprint density at radius 3 is 3.05 bits per heavy atom. The molecule has 1 heterocycles. The number of nitrogens with one attached hydrogen (secondary N) is 1. The Kier molecular flexibility index (Phi) is 5.60. The molecule has 1 amide bonds. The number of thiophene rings is 1. The van der Waals surface area contributed by atoms with Gasteiger partial charge in [0.2, 0.25) is 0 Å². The second-order valence-electron chi connectivity index (χ2n) is 4.91. The fourth-order valence-corrected chi connectivity index (χ4v) is 2.66. The highest BCUT2D eigenvalue weighted by molar-refractivity contribution is 7.14. The standard InChI is InChI=1S/C15H20N2O2S/c1-17(12-5-6-12)10-9-16-15(19)14-8-7-13(20-14)4-2-3-11-18/h7-8,12,18H,3,5-6,9-11H2,1H3,(H,16,19). The summed E-state index contributed by atoms with van der Waals surface area (Å²) in [6.45, 7) is 1.64. The summed E-state index contributed by atoms with van der Waals surface area (Å²) in [5.41, 5.74) is 0. The molecule has 108 valence electrons. The fourth-order valence-electron chi connectivity index (χ4n) is 1.86. The number of carbonyl (C=O) groups is 1. The lowest BCUT2D eigenvalue weighted by atomic mass is 10.4. The largest absolute Gasteiger partial charge is 0.395 e. The Balaban J connectivity index is 1.76. The third-order valence-electron chi connectivity index (χ3n) is 3.20. The van der Waals surface area contributed by atoms with Crippen LogP contribution in [0.25, 0.3) is 0 Å². The SMILES string of the molecule is CN(CCNC(=O)c1ccc(C#CCCO)s1)C1CC1. The maximum atomic E-state index is 11.9. The summed E-state index contributed by atoms with van der Waals surface area (Å²) in [5.74, 6) is 5.76. The number of hydrogen-bond donors (Lipinski definition) is 2. The van der Waals surface area contributed by atoms with E-state index in [0.29, 0.717) is 17.8 Å². The van der Waals surface area contributed by atoms with Gasteiger partial charge in [-0.3, -0.25) is 4.79 Å². The molecule has 1 aliphatic rings. The zero-order valence-corrected chi connectivity index (χ0v) is 12.5. The first-order valence-corrected chi connectivity index (χ1v) is 7.70. The van der Waals surface area contributed by atoms with E-state index >= 15 is 0 Å². The molecule has 0 bridgehead atoms. The number of aliphatic hydroxyl groups is 1. The van der Waals surface area contributed by atoms with Crippen molar-refractivity contribution < 1.29 is 9.90 Å². The van der Waals surface area contributed by atoms with Crippen LogP contribution in [-0.2, 0) is 0 Å². The molecule has 0 atom stereocenters. The van der Waals surface area contributed by atoms with Crippen molar-refractivity contribution in [3.8, 4) is 11.8 Å². The topological polar surface area (TPSA) is 52.6 Å². The lowest BCUT2D eigenvalue weighted by Crippen LogP contribution is -2.33. The van der Waals surface area contributed by atoms with E-state index in [-0.39, 0.29) is 12.5 Å². The minimum atomic E-state index is -0.0330. The molecule has 0 spiro atoms. The zero-order valence-electron chi connectivity index (χ0n) is 11.7. The molecular weight excluding hydrogens is 272 g/mol. The van der Waals surface area contributed by atoms with Crippen LogP contribution in [0.4, 0.5) is 0 Å². The van der Waals surface area contributed by atoms with Gasteiger partial charge in [-0.2, -0.15) is 0 Å². The van der Waals surface area contributed by atoms with Crippen LogP contribution in [0.2, 0.25) is 0 Å². The third kappa shape index (κ3) is 4.64. The number of nitrogens with zero attached hydrogens (tertiary/aromatic N) is 1. The molecule has 20 heavy (non-hydrogen) atoms. The highest BCUT2D eigenvalue weighted by atomic mass is 32.1. The van der Waals surface area contributed by atoms with Crippen molar-refractivity contribution in [1.29, 1.82) is 0 Å². The van der Waals surface area contributed by atoms with E-state index in [1.807, 2.05) is 6.07 Å². The Morgan fingerprint density at radius 2 is 2.35 bits per heavy atom. The van der Waals surface area contributed by atoms with Gasteiger partial charge in [0, 0.05) is 25.6 Å². The first-order chi connectivity index (χ1) is 9.70. The van der Waals surface area contributed by atoms with Gasteiger partial charge in [0.05, 0.1) is 16.4 Å². The number of rotatable bonds is 6. The summed E-state index contributed by atoms with van der Waals surface area (Å²) >= 11 is 1.39. The van der Waals surface area contributed by atoms with E-state index in [4.69, 9.17) is 5.11 Å². The van der Waals surface area contributed by atoms with E-state index in [0.717, 1.165) is 17.5 Å². The van der Waals surface area contributed by atoms with Crippen molar-refractivity contribution in [2.75, 3.05) is 26.7 Å². The Morgan fingerprint density at radius 1 is 1.55 bits per heavy atom. The van der Waals surface area contributed by atoms with Gasteiger partial charge in [0.25, 0.3) is 5.91 Å². The first-order valence-electron chi connectivity index (χ1n) is 6.88. The second kappa shape index (κ2) is 7.44. The maximum Gasteiger partial charge on any atom is 0.261 e. The van der Waals surface area contributed by atoms with E-state index in [1.54, 1.807) is 6.07 Å². The maximum absolute atomic E-state index is 11.9. The van der Waals surface area contributed by atoms with Crippen molar-refractivity contribution in [2.45, 2.75) is 25.3 Å². The van der Waals surface area contributed by atoms with Gasteiger partial charge in [-0.05, 0) is 32.0 Å². The van der Waals surface area contributed by atoms with Gasteiger partial charge in [-0.25, -0.2) is 0 Å². The van der Waals surface area contributed by atoms with Gasteiger partial charge in [0.1, 0.15) is 0 Å². The molecule has 0 unspecified atom stereocenters. The highest BCUT2D eigenvalue weighted by Gasteiger charge is 2.25. The van der Waals surface area contributed by atoms with Crippen LogP contribution >= 0.6 is 11.3 Å². The molecule has 0 radical (unpaired) electrons. The molecule has 0 aromatic carbocycles. The first kappa shape index (κ1) is 15.0. The molecule has 1 fully saturated rings. The normalized spacial score (nSPS) is 13.9. The fraction of sp³-hybridized carbons (Fsp3) is 0.533. The average molecular weight is 292 g/mol. The van der Waals surface area contributed by atoms with Crippen molar-refractivity contribution >= 4 is 17.2 Å². The second-order valence-corrected chi connectivity index (χ2v) is 5.99. The van der Waals surface area contributed by atoms with Crippen LogP contribution < -0.4 is 5.32 Å². The van der Waals surface area contributed by atoms with Crippen molar-refractivity contribution in [1.82, 2.24) is 10.2 Å². The summed E-state index contributed by atoms with van der Waals surface area (Å²) in [4.78, 5) is 15.8. The predicted octanol–water partition coefficient (Wildman–Crippen LogP) is 1.31. The zero-order chi connectivity index (χ0) is 14.4. The molecule has 1 saturated carbocycles. The van der Waals surface area contributed by atoms with E-state index in [2.05, 4.69) is 29.1 Å². The molecular formula is C15H20N2O2S. The van der Waals surface area contributed by atoms with Crippen LogP contribution in [0.1, 0.15) is 33.8 Å². The van der Waals surface area contributed by atoms with Crippen LogP contribution in [-0.4, -0.2) is 48.7 Å². The van der Waals surface area contributed by atoms with E-state index in [9.17, 15) is 4.79 Å². The number of aliphatic hydroxyl groups excluding tert-OH is 1. The van der Waals surface area contributed by atoms with Crippen molar-refractivity contribution in [3.05, 3.63) is 21.9 Å². The monoisotopic (exact) mass is 292 g/mol. The smallest absolute Gasteiger partial charge is 0.261 e. The van der Waals surface area contributed by atoms with Crippen LogP contribution in [0.15, 0.2) is 12.1 Å². The van der Waals surface area contributed by atoms with Gasteiger partial charge >= 0.3 is 0 Å². The minimum Gasteiger partial charge on any atom is -0.395 e. The van der Waals surface area contributed by atoms with Crippen LogP contribution in [0.3, 0.4) is 0 Å². The summed E-state index contributed by atoms with van der Waals surface area (Å²) in [6.07, 6.45) is 3.03. The lowest BCUT2D eigenvalue weighted by molar-refractivity contribution is 0.0953. The number of amides is 1. The van der Waals surface area contributed by atoms with Crippen molar-refractivity contribution in [3.63, 3.8) is 0 Å². The molecule has 1 aromatic heterocycles. The van der Waals surface area contributed by atoms with E-state index < -0.39 is 0 Å². The summed E-state index contributed by atoms with van der Waals surface area (Å²) in [7, 11) is 2.10. The summed E-state index contributed by atoms with van der Waals surface area (Å²) in [5, 5.41) is 11.6. The van der Waals surface area contributed by atoms with Gasteiger partial charge < -0.3 is 15.3 Å². The Bertz CT molecular complexity index is 511. The minimum absolute atomic E-state index is 0.0330. The quantitative estimate of drug-likeness (QED) is 0.777. The lowest BCUT2D eigenvalue weighted by Gasteiger charge is -2.15. The summed E-state index contributed by atoms with van der Waals surface area (Å²) in [6, 6.07) is 4.37. The predicted molar refractivity (Wildman–Crippen MR) is 80.9 cm³/mol. The molecule has 1 aromatic rings. The Labute approximate surface area is 123 Å². The summed E-state index contributed by atoms with van der Waals surface area (Å²) < 4.78 is 0. The van der Waals surface area contributed by atoms with Crippen LogP contribution in [0, 0.1) is 11.8 Å². The molecule has 1 aliphatic carbocycles. The number of likely N-dealkylation sites (N-methyl/N-ethyl adjacent to an activating group) is 1. The number of hydrogen-bond acceptors (Lipinski definition) is 4. The van der Waals surface area contributed by atoms with Gasteiger partial charge in [-0.15, -0.1) is 11.3 Å². The van der Waals surface area contributed by atoms with Gasteiger partial charge in [0.15, 0.2) is 0 Å². The molecule has 0 saturated heterocycles. The molecule has 2 N–H and O–H groups in total. The van der Waals surface area contributed by atoms with Crippen molar-refractivity contribution in [2.24, 2.45) is 0 Å². The number of carbonyl (C=O) groups excluding carboxylic acids is 1. The molecule has 2 rings (SSSR count). The van der Waals surface area contributed by atoms with E-state index in [1.165, 1.54) is 24.2 Å². The molecule has 5 heteroatoms. The highest BCUT2D eigenvalue weighted by Crippen LogP contribution is 2.24.